The summed E-state index contributed by atoms with van der Waals surface area (Å²) < 4.78 is 4.54. The number of hydrogen-bond donors (Lipinski definition) is 0. The van der Waals surface area contributed by atoms with Gasteiger partial charge in [0.25, 0.3) is 0 Å². The van der Waals surface area contributed by atoms with E-state index in [0.29, 0.717) is 5.92 Å². The summed E-state index contributed by atoms with van der Waals surface area (Å²) in [6.45, 7) is 0. The standard InChI is InChI=1S/C7H11ClO2S/c1-10-7(9)6(8)5-2-3-11-4-5/h5-6H,2-4H2,1H3. The summed E-state index contributed by atoms with van der Waals surface area (Å²) in [7, 11) is 1.37. The quantitative estimate of drug-likeness (QED) is 0.493. The minimum absolute atomic E-state index is 0.292. The number of esters is 1. The Bertz CT molecular complexity index is 145. The summed E-state index contributed by atoms with van der Waals surface area (Å²) in [5.41, 5.74) is 0. The second-order valence-corrected chi connectivity index (χ2v) is 4.17. The van der Waals surface area contributed by atoms with Gasteiger partial charge < -0.3 is 4.74 Å². The van der Waals surface area contributed by atoms with Crippen LogP contribution in [0.5, 0.6) is 0 Å². The molecule has 0 amide bonds. The Kier molecular flexibility index (Phi) is 3.52. The predicted octanol–water partition coefficient (Wildman–Crippen LogP) is 1.52. The number of alkyl halides is 1. The third kappa shape index (κ3) is 2.27. The van der Waals surface area contributed by atoms with Crippen LogP contribution in [0.15, 0.2) is 0 Å². The van der Waals surface area contributed by atoms with E-state index < -0.39 is 5.38 Å². The molecular weight excluding hydrogens is 184 g/mol. The molecule has 11 heavy (non-hydrogen) atoms. The third-order valence-electron chi connectivity index (χ3n) is 1.81. The molecule has 2 unspecified atom stereocenters. The van der Waals surface area contributed by atoms with E-state index in [4.69, 9.17) is 11.6 Å². The molecule has 1 aliphatic rings. The van der Waals surface area contributed by atoms with Crippen molar-refractivity contribution in [1.82, 2.24) is 0 Å². The number of hydrogen-bond acceptors (Lipinski definition) is 3. The monoisotopic (exact) mass is 194 g/mol. The number of carbonyl (C=O) groups is 1. The smallest absolute Gasteiger partial charge is 0.324 e. The molecule has 2 atom stereocenters. The molecule has 64 valence electrons. The molecule has 1 saturated heterocycles. The molecule has 2 nitrogen and oxygen atoms in total. The summed E-state index contributed by atoms with van der Waals surface area (Å²) in [4.78, 5) is 10.9. The van der Waals surface area contributed by atoms with Gasteiger partial charge in [-0.05, 0) is 23.8 Å². The van der Waals surface area contributed by atoms with E-state index in [1.807, 2.05) is 11.8 Å². The van der Waals surface area contributed by atoms with Gasteiger partial charge in [0.2, 0.25) is 0 Å². The van der Waals surface area contributed by atoms with Crippen LogP contribution in [0, 0.1) is 5.92 Å². The molecule has 1 fully saturated rings. The number of rotatable bonds is 2. The van der Waals surface area contributed by atoms with Crippen molar-refractivity contribution in [3.05, 3.63) is 0 Å². The fourth-order valence-corrected chi connectivity index (χ4v) is 2.80. The minimum Gasteiger partial charge on any atom is -0.468 e. The Morgan fingerprint density at radius 3 is 3.00 bits per heavy atom. The van der Waals surface area contributed by atoms with Gasteiger partial charge in [0, 0.05) is 0 Å². The Balaban J connectivity index is 2.39. The third-order valence-corrected chi connectivity index (χ3v) is 3.53. The Labute approximate surface area is 75.6 Å². The second-order valence-electron chi connectivity index (χ2n) is 2.55. The number of methoxy groups -OCH3 is 1. The van der Waals surface area contributed by atoms with Gasteiger partial charge in [-0.2, -0.15) is 11.8 Å². The van der Waals surface area contributed by atoms with Crippen molar-refractivity contribution < 1.29 is 9.53 Å². The van der Waals surface area contributed by atoms with E-state index in [9.17, 15) is 4.79 Å². The molecule has 0 aromatic rings. The molecular formula is C7H11ClO2S. The van der Waals surface area contributed by atoms with Crippen LogP contribution in [0.2, 0.25) is 0 Å². The summed E-state index contributed by atoms with van der Waals surface area (Å²) in [5, 5.41) is -0.435. The molecule has 0 aromatic carbocycles. The van der Waals surface area contributed by atoms with Gasteiger partial charge in [-0.3, -0.25) is 4.79 Å². The molecule has 4 heteroatoms. The highest BCUT2D eigenvalue weighted by Crippen LogP contribution is 2.29. The lowest BCUT2D eigenvalue weighted by Crippen LogP contribution is -2.25. The van der Waals surface area contributed by atoms with E-state index in [-0.39, 0.29) is 5.97 Å². The first kappa shape index (κ1) is 9.20. The van der Waals surface area contributed by atoms with Crippen LogP contribution in [0.25, 0.3) is 0 Å². The SMILES string of the molecule is COC(=O)C(Cl)C1CCSC1. The fourth-order valence-electron chi connectivity index (χ4n) is 1.09. The van der Waals surface area contributed by atoms with Crippen molar-refractivity contribution in [1.29, 1.82) is 0 Å². The van der Waals surface area contributed by atoms with Crippen LogP contribution < -0.4 is 0 Å². The summed E-state index contributed by atoms with van der Waals surface area (Å²) >= 11 is 7.70. The molecule has 0 saturated carbocycles. The minimum atomic E-state index is -0.435. The van der Waals surface area contributed by atoms with E-state index in [1.165, 1.54) is 7.11 Å². The number of halogens is 1. The molecule has 0 bridgehead atoms. The summed E-state index contributed by atoms with van der Waals surface area (Å²) in [6, 6.07) is 0. The van der Waals surface area contributed by atoms with Crippen molar-refractivity contribution >= 4 is 29.3 Å². The van der Waals surface area contributed by atoms with Gasteiger partial charge in [0.05, 0.1) is 7.11 Å². The average molecular weight is 195 g/mol. The van der Waals surface area contributed by atoms with Crippen LogP contribution in [0.3, 0.4) is 0 Å². The largest absolute Gasteiger partial charge is 0.468 e. The zero-order chi connectivity index (χ0) is 8.27. The highest BCUT2D eigenvalue weighted by atomic mass is 35.5. The van der Waals surface area contributed by atoms with Gasteiger partial charge >= 0.3 is 5.97 Å². The van der Waals surface area contributed by atoms with Crippen molar-refractivity contribution in [2.75, 3.05) is 18.6 Å². The molecule has 1 rings (SSSR count). The topological polar surface area (TPSA) is 26.3 Å². The highest BCUT2D eigenvalue weighted by Gasteiger charge is 2.29. The van der Waals surface area contributed by atoms with Gasteiger partial charge in [-0.25, -0.2) is 0 Å². The van der Waals surface area contributed by atoms with Gasteiger partial charge in [0.1, 0.15) is 5.38 Å². The van der Waals surface area contributed by atoms with Crippen molar-refractivity contribution in [2.24, 2.45) is 5.92 Å². The van der Waals surface area contributed by atoms with Crippen molar-refractivity contribution in [3.8, 4) is 0 Å². The number of ether oxygens (including phenoxy) is 1. The lowest BCUT2D eigenvalue weighted by molar-refractivity contribution is -0.141. The molecule has 0 aliphatic carbocycles. The van der Waals surface area contributed by atoms with Gasteiger partial charge in [-0.1, -0.05) is 0 Å². The lowest BCUT2D eigenvalue weighted by atomic mass is 10.1. The van der Waals surface area contributed by atoms with Gasteiger partial charge in [0.15, 0.2) is 0 Å². The maximum atomic E-state index is 10.9. The molecule has 0 spiro atoms. The van der Waals surface area contributed by atoms with Crippen LogP contribution in [-0.4, -0.2) is 30.0 Å². The zero-order valence-corrected chi connectivity index (χ0v) is 7.95. The van der Waals surface area contributed by atoms with Crippen LogP contribution in [-0.2, 0) is 9.53 Å². The van der Waals surface area contributed by atoms with E-state index in [1.54, 1.807) is 0 Å². The summed E-state index contributed by atoms with van der Waals surface area (Å²) in [5.74, 6) is 2.13. The van der Waals surface area contributed by atoms with Crippen LogP contribution in [0.4, 0.5) is 0 Å². The molecule has 0 aromatic heterocycles. The summed E-state index contributed by atoms with van der Waals surface area (Å²) in [6.07, 6.45) is 1.04. The van der Waals surface area contributed by atoms with E-state index >= 15 is 0 Å². The zero-order valence-electron chi connectivity index (χ0n) is 6.38. The molecule has 1 heterocycles. The Morgan fingerprint density at radius 1 is 1.82 bits per heavy atom. The average Bonchev–Trinajstić information content (AvgIpc) is 2.53. The molecule has 0 radical (unpaired) electrons. The van der Waals surface area contributed by atoms with Crippen LogP contribution in [0.1, 0.15) is 6.42 Å². The van der Waals surface area contributed by atoms with E-state index in [2.05, 4.69) is 4.74 Å². The molecule has 0 N–H and O–H groups in total. The van der Waals surface area contributed by atoms with E-state index in [0.717, 1.165) is 17.9 Å². The maximum Gasteiger partial charge on any atom is 0.324 e. The second kappa shape index (κ2) is 4.21. The fraction of sp³-hybridized carbons (Fsp3) is 0.857. The maximum absolute atomic E-state index is 10.9. The van der Waals surface area contributed by atoms with Crippen LogP contribution >= 0.6 is 23.4 Å². The Hall–Kier alpha value is 0.110. The highest BCUT2D eigenvalue weighted by molar-refractivity contribution is 7.99. The van der Waals surface area contributed by atoms with Crippen molar-refractivity contribution in [3.63, 3.8) is 0 Å². The molecule has 1 aliphatic heterocycles. The van der Waals surface area contributed by atoms with Gasteiger partial charge in [-0.15, -0.1) is 11.6 Å². The first-order valence-corrected chi connectivity index (χ1v) is 5.14. The normalized spacial score (nSPS) is 26.5. The lowest BCUT2D eigenvalue weighted by Gasteiger charge is -2.12. The number of thioether (sulfide) groups is 1. The predicted molar refractivity (Wildman–Crippen MR) is 47.1 cm³/mol. The first-order chi connectivity index (χ1) is 5.25. The number of carbonyl (C=O) groups excluding carboxylic acids is 1. The Morgan fingerprint density at radius 2 is 2.55 bits per heavy atom. The first-order valence-electron chi connectivity index (χ1n) is 3.55. The van der Waals surface area contributed by atoms with Crippen molar-refractivity contribution in [2.45, 2.75) is 11.8 Å².